The molecule has 0 atom stereocenters. The van der Waals surface area contributed by atoms with Crippen molar-refractivity contribution >= 4 is 66.9 Å². The molecule has 0 saturated carbocycles. The smallest absolute Gasteiger partial charge is 0.252 e. The topological polar surface area (TPSA) is 79.4 Å². The molecule has 2 aromatic heterocycles. The van der Waals surface area contributed by atoms with Gasteiger partial charge in [-0.1, -0.05) is 35.3 Å². The zero-order valence-electron chi connectivity index (χ0n) is 14.6. The van der Waals surface area contributed by atoms with E-state index in [1.165, 1.54) is 30.5 Å². The molecule has 0 bridgehead atoms. The second-order valence-corrected chi connectivity index (χ2v) is 11.3. The normalized spacial score (nSPS) is 11.7. The zero-order valence-corrected chi connectivity index (χ0v) is 18.5. The summed E-state index contributed by atoms with van der Waals surface area (Å²) in [6.07, 6.45) is 2.35. The molecule has 6 nitrogen and oxygen atoms in total. The zero-order chi connectivity index (χ0) is 20.3. The molecule has 0 aliphatic carbocycles. The summed E-state index contributed by atoms with van der Waals surface area (Å²) in [5.74, 6) is -0.471. The third-order valence-electron chi connectivity index (χ3n) is 3.67. The highest BCUT2D eigenvalue weighted by molar-refractivity contribution is 7.91. The van der Waals surface area contributed by atoms with Gasteiger partial charge in [-0.3, -0.25) is 4.79 Å². The first-order valence-corrected chi connectivity index (χ1v) is 11.8. The van der Waals surface area contributed by atoms with E-state index < -0.39 is 15.9 Å². The Hall–Kier alpha value is -1.49. The highest BCUT2D eigenvalue weighted by Crippen LogP contribution is 2.27. The third-order valence-corrected chi connectivity index (χ3v) is 8.34. The Morgan fingerprint density at radius 3 is 2.50 bits per heavy atom. The van der Waals surface area contributed by atoms with Crippen molar-refractivity contribution in [1.29, 1.82) is 0 Å². The van der Waals surface area contributed by atoms with Crippen molar-refractivity contribution in [3.05, 3.63) is 62.4 Å². The van der Waals surface area contributed by atoms with Gasteiger partial charge in [0.25, 0.3) is 10.0 Å². The molecule has 11 heteroatoms. The Morgan fingerprint density at radius 2 is 1.86 bits per heavy atom. The molecule has 3 rings (SSSR count). The van der Waals surface area contributed by atoms with E-state index in [1.807, 2.05) is 24.3 Å². The molecule has 148 valence electrons. The number of likely N-dealkylation sites (N-methyl/N-ethyl adjacent to an activating group) is 1. The fraction of sp³-hybridized carbons (Fsp3) is 0.176. The van der Waals surface area contributed by atoms with Crippen LogP contribution in [0.2, 0.25) is 9.36 Å². The molecule has 0 radical (unpaired) electrons. The van der Waals surface area contributed by atoms with Crippen LogP contribution in [-0.2, 0) is 21.2 Å². The van der Waals surface area contributed by atoms with E-state index >= 15 is 0 Å². The molecular formula is C17H15Cl2N3O3S3. The number of hydrogen-bond acceptors (Lipinski definition) is 6. The summed E-state index contributed by atoms with van der Waals surface area (Å²) in [5.41, 5.74) is 1.08. The number of thiophene rings is 1. The van der Waals surface area contributed by atoms with Crippen LogP contribution in [0.3, 0.4) is 0 Å². The maximum Gasteiger partial charge on any atom is 0.252 e. The summed E-state index contributed by atoms with van der Waals surface area (Å²) in [6.45, 7) is -0.329. The molecule has 1 amide bonds. The van der Waals surface area contributed by atoms with Crippen molar-refractivity contribution in [3.8, 4) is 0 Å². The molecule has 0 unspecified atom stereocenters. The van der Waals surface area contributed by atoms with Crippen molar-refractivity contribution in [2.75, 3.05) is 18.9 Å². The lowest BCUT2D eigenvalue weighted by Crippen LogP contribution is -2.34. The number of nitrogens with one attached hydrogen (secondary N) is 1. The minimum Gasteiger partial charge on any atom is -0.301 e. The van der Waals surface area contributed by atoms with Gasteiger partial charge in [-0.05, 0) is 29.8 Å². The van der Waals surface area contributed by atoms with E-state index in [-0.39, 0.29) is 10.8 Å². The van der Waals surface area contributed by atoms with E-state index in [4.69, 9.17) is 23.2 Å². The second-order valence-electron chi connectivity index (χ2n) is 5.80. The minimum atomic E-state index is -3.77. The van der Waals surface area contributed by atoms with Crippen LogP contribution in [0.15, 0.2) is 46.8 Å². The number of carbonyl (C=O) groups is 1. The van der Waals surface area contributed by atoms with Gasteiger partial charge >= 0.3 is 0 Å². The average molecular weight is 476 g/mol. The Labute approximate surface area is 180 Å². The van der Waals surface area contributed by atoms with Crippen LogP contribution < -0.4 is 5.32 Å². The third kappa shape index (κ3) is 5.31. The highest BCUT2D eigenvalue weighted by atomic mass is 35.5. The molecule has 28 heavy (non-hydrogen) atoms. The van der Waals surface area contributed by atoms with Gasteiger partial charge in [0.1, 0.15) is 4.21 Å². The van der Waals surface area contributed by atoms with Gasteiger partial charge in [-0.15, -0.1) is 22.7 Å². The lowest BCUT2D eigenvalue weighted by atomic mass is 10.1. The highest BCUT2D eigenvalue weighted by Gasteiger charge is 2.25. The van der Waals surface area contributed by atoms with Crippen molar-refractivity contribution in [3.63, 3.8) is 0 Å². The van der Waals surface area contributed by atoms with Gasteiger partial charge < -0.3 is 5.32 Å². The van der Waals surface area contributed by atoms with E-state index in [0.717, 1.165) is 26.1 Å². The molecule has 1 N–H and O–H groups in total. The number of carbonyl (C=O) groups excluding carboxylic acids is 1. The van der Waals surface area contributed by atoms with Crippen LogP contribution in [-0.4, -0.2) is 37.2 Å². The van der Waals surface area contributed by atoms with Gasteiger partial charge in [0.15, 0.2) is 5.13 Å². The number of anilines is 1. The van der Waals surface area contributed by atoms with Crippen LogP contribution in [0.4, 0.5) is 5.13 Å². The summed E-state index contributed by atoms with van der Waals surface area (Å²) in [6, 6.07) is 10.4. The predicted octanol–water partition coefficient (Wildman–Crippen LogP) is 4.36. The maximum absolute atomic E-state index is 12.4. The molecule has 2 heterocycles. The van der Waals surface area contributed by atoms with E-state index in [0.29, 0.717) is 20.9 Å². The van der Waals surface area contributed by atoms with Gasteiger partial charge in [0.05, 0.1) is 10.9 Å². The Bertz CT molecular complexity index is 1080. The van der Waals surface area contributed by atoms with Crippen molar-refractivity contribution in [1.82, 2.24) is 9.29 Å². The number of sulfonamides is 1. The molecule has 3 aromatic rings. The monoisotopic (exact) mass is 475 g/mol. The number of aromatic nitrogens is 1. The predicted molar refractivity (Wildman–Crippen MR) is 114 cm³/mol. The first-order valence-electron chi connectivity index (χ1n) is 7.95. The maximum atomic E-state index is 12.4. The summed E-state index contributed by atoms with van der Waals surface area (Å²) < 4.78 is 26.3. The van der Waals surface area contributed by atoms with Crippen molar-refractivity contribution in [2.45, 2.75) is 10.6 Å². The Morgan fingerprint density at radius 1 is 1.14 bits per heavy atom. The molecule has 0 spiro atoms. The molecule has 0 fully saturated rings. The minimum absolute atomic E-state index is 0.0901. The summed E-state index contributed by atoms with van der Waals surface area (Å²) >= 11 is 14.0. The molecule has 0 aliphatic rings. The van der Waals surface area contributed by atoms with Gasteiger partial charge in [-0.2, -0.15) is 4.31 Å². The van der Waals surface area contributed by atoms with Gasteiger partial charge in [0.2, 0.25) is 5.91 Å². The summed E-state index contributed by atoms with van der Waals surface area (Å²) in [5, 5.41) is 3.72. The lowest BCUT2D eigenvalue weighted by molar-refractivity contribution is -0.116. The van der Waals surface area contributed by atoms with E-state index in [1.54, 1.807) is 6.20 Å². The lowest BCUT2D eigenvalue weighted by Gasteiger charge is -2.14. The van der Waals surface area contributed by atoms with Crippen molar-refractivity contribution in [2.24, 2.45) is 0 Å². The fourth-order valence-corrected chi connectivity index (χ4v) is 6.10. The number of amides is 1. The second kappa shape index (κ2) is 8.89. The number of nitrogens with zero attached hydrogens (tertiary/aromatic N) is 2. The van der Waals surface area contributed by atoms with Crippen LogP contribution in [0.25, 0.3) is 0 Å². The fourth-order valence-electron chi connectivity index (χ4n) is 2.29. The van der Waals surface area contributed by atoms with Crippen LogP contribution in [0.1, 0.15) is 10.4 Å². The van der Waals surface area contributed by atoms with Gasteiger partial charge in [0, 0.05) is 29.6 Å². The average Bonchev–Trinajstić information content (AvgIpc) is 3.26. The van der Waals surface area contributed by atoms with Crippen molar-refractivity contribution < 1.29 is 13.2 Å². The van der Waals surface area contributed by atoms with Crippen LogP contribution in [0.5, 0.6) is 0 Å². The number of benzene rings is 1. The molecule has 0 aliphatic heterocycles. The molecule has 0 saturated heterocycles. The quantitative estimate of drug-likeness (QED) is 0.550. The number of hydrogen-bond donors (Lipinski definition) is 1. The van der Waals surface area contributed by atoms with E-state index in [2.05, 4.69) is 10.3 Å². The van der Waals surface area contributed by atoms with E-state index in [9.17, 15) is 13.2 Å². The number of rotatable bonds is 7. The first kappa shape index (κ1) is 21.2. The molecular weight excluding hydrogens is 461 g/mol. The van der Waals surface area contributed by atoms with Crippen LogP contribution in [0, 0.1) is 0 Å². The van der Waals surface area contributed by atoms with Gasteiger partial charge in [-0.25, -0.2) is 13.4 Å². The Kier molecular flexibility index (Phi) is 6.74. The standard InChI is InChI=1S/C17H15Cl2N3O3S3/c1-22(28(24,25)16-7-6-14(19)27-16)10-15(23)21-17-20-9-13(26-17)8-11-2-4-12(18)5-3-11/h2-7,9H,8,10H2,1H3,(H,20,21,23). The molecule has 1 aromatic carbocycles. The SMILES string of the molecule is CN(CC(=O)Nc1ncc(Cc2ccc(Cl)cc2)s1)S(=O)(=O)c1ccc(Cl)s1. The summed E-state index contributed by atoms with van der Waals surface area (Å²) in [7, 11) is -2.42. The number of thiazole rings is 1. The Balaban J connectivity index is 1.59. The number of halogens is 2. The van der Waals surface area contributed by atoms with Crippen LogP contribution >= 0.6 is 45.9 Å². The first-order chi connectivity index (χ1) is 13.2. The summed E-state index contributed by atoms with van der Waals surface area (Å²) in [4.78, 5) is 17.4. The largest absolute Gasteiger partial charge is 0.301 e.